The van der Waals surface area contributed by atoms with Crippen LogP contribution in [0.5, 0.6) is 0 Å². The van der Waals surface area contributed by atoms with Crippen molar-refractivity contribution in [3.05, 3.63) is 83.9 Å². The Labute approximate surface area is 256 Å². The van der Waals surface area contributed by atoms with Gasteiger partial charge in [-0.25, -0.2) is 0 Å². The Balaban J connectivity index is 0.000000175. The second-order valence-corrected chi connectivity index (χ2v) is 10.8. The zero-order valence-electron chi connectivity index (χ0n) is 25.0. The quantitative estimate of drug-likeness (QED) is 0.237. The minimum atomic E-state index is 0.0843. The van der Waals surface area contributed by atoms with Gasteiger partial charge in [0.25, 0.3) is 0 Å². The molecule has 4 aromatic rings. The first-order chi connectivity index (χ1) is 21.3. The molecule has 0 spiro atoms. The molecule has 2 unspecified atom stereocenters. The summed E-state index contributed by atoms with van der Waals surface area (Å²) in [5.74, 6) is 3.16. The van der Waals surface area contributed by atoms with Gasteiger partial charge in [0, 0.05) is 51.7 Å². The summed E-state index contributed by atoms with van der Waals surface area (Å²) in [4.78, 5) is 44.6. The maximum atomic E-state index is 12.3. The number of rotatable bonds is 8. The largest absolute Gasteiger partial charge is 0.373 e. The normalized spacial score (nSPS) is 17.8. The van der Waals surface area contributed by atoms with E-state index in [1.54, 1.807) is 36.0 Å². The number of anilines is 6. The van der Waals surface area contributed by atoms with E-state index in [-0.39, 0.29) is 29.8 Å². The lowest BCUT2D eigenvalue weighted by Gasteiger charge is -2.24. The van der Waals surface area contributed by atoms with E-state index >= 15 is 0 Å². The summed E-state index contributed by atoms with van der Waals surface area (Å²) >= 11 is 0. The Bertz CT molecular complexity index is 1580. The van der Waals surface area contributed by atoms with Gasteiger partial charge in [0.15, 0.2) is 0 Å². The first-order valence-electron chi connectivity index (χ1n) is 14.7. The van der Waals surface area contributed by atoms with Crippen LogP contribution in [0.4, 0.5) is 35.2 Å². The average molecular weight is 595 g/mol. The molecule has 228 valence electrons. The molecule has 4 heterocycles. The Morgan fingerprint density at radius 2 is 1.30 bits per heavy atom. The van der Waals surface area contributed by atoms with E-state index < -0.39 is 0 Å². The summed E-state index contributed by atoms with van der Waals surface area (Å²) in [6, 6.07) is 24.0. The van der Waals surface area contributed by atoms with Crippen LogP contribution in [0.3, 0.4) is 0 Å². The van der Waals surface area contributed by atoms with Crippen molar-refractivity contribution in [3.8, 4) is 0 Å². The van der Waals surface area contributed by atoms with Crippen LogP contribution in [0.15, 0.2) is 72.8 Å². The summed E-state index contributed by atoms with van der Waals surface area (Å²) < 4.78 is 0. The van der Waals surface area contributed by atoms with Gasteiger partial charge in [-0.05, 0) is 36.3 Å². The molecule has 6 rings (SSSR count). The lowest BCUT2D eigenvalue weighted by Crippen LogP contribution is -2.35. The third-order valence-corrected chi connectivity index (χ3v) is 7.71. The second kappa shape index (κ2) is 13.8. The van der Waals surface area contributed by atoms with Gasteiger partial charge < -0.3 is 22.1 Å². The van der Waals surface area contributed by atoms with Crippen LogP contribution in [0.25, 0.3) is 0 Å². The first-order valence-corrected chi connectivity index (χ1v) is 14.7. The van der Waals surface area contributed by atoms with Crippen molar-refractivity contribution in [1.82, 2.24) is 19.9 Å². The minimum Gasteiger partial charge on any atom is -0.373 e. The topological polar surface area (TPSA) is 168 Å². The van der Waals surface area contributed by atoms with Crippen molar-refractivity contribution in [2.75, 3.05) is 52.5 Å². The molecule has 0 bridgehead atoms. The van der Waals surface area contributed by atoms with E-state index in [4.69, 9.17) is 11.5 Å². The summed E-state index contributed by atoms with van der Waals surface area (Å²) in [6.07, 6.45) is 3.60. The number of nitrogen functional groups attached to an aromatic ring is 2. The average Bonchev–Trinajstić information content (AvgIpc) is 3.58. The number of aromatic nitrogens is 4. The van der Waals surface area contributed by atoms with Crippen LogP contribution in [0.2, 0.25) is 0 Å². The second-order valence-electron chi connectivity index (χ2n) is 10.8. The van der Waals surface area contributed by atoms with Crippen LogP contribution < -0.4 is 31.9 Å². The zero-order valence-corrected chi connectivity index (χ0v) is 25.0. The van der Waals surface area contributed by atoms with Gasteiger partial charge in [-0.3, -0.25) is 19.4 Å². The van der Waals surface area contributed by atoms with Crippen LogP contribution >= 0.6 is 0 Å². The third-order valence-electron chi connectivity index (χ3n) is 7.71. The maximum Gasteiger partial charge on any atom is 0.228 e. The molecule has 2 aromatic carbocycles. The van der Waals surface area contributed by atoms with Gasteiger partial charge in [0.1, 0.15) is 23.3 Å². The number of benzene rings is 2. The van der Waals surface area contributed by atoms with E-state index in [9.17, 15) is 9.59 Å². The summed E-state index contributed by atoms with van der Waals surface area (Å²) in [6.45, 7) is 0.660. The molecule has 2 aliphatic rings. The van der Waals surface area contributed by atoms with Crippen LogP contribution in [-0.4, -0.2) is 58.4 Å². The van der Waals surface area contributed by atoms with Crippen LogP contribution in [-0.2, 0) is 22.4 Å². The monoisotopic (exact) mass is 594 g/mol. The highest BCUT2D eigenvalue weighted by Gasteiger charge is 2.34. The molecule has 0 saturated carbocycles. The van der Waals surface area contributed by atoms with Crippen molar-refractivity contribution in [3.63, 3.8) is 0 Å². The van der Waals surface area contributed by atoms with Gasteiger partial charge in [-0.2, -0.15) is 19.9 Å². The standard InChI is InChI=1S/2C16H19N5O/c1-18-13-9-14(20-16(17)19-13)21-10-12(8-15(21)22)7-11-5-3-2-4-6-11;1-18-13-10-14(20-16(17)19-13)21-12(7-8-15(21)22)9-11-5-3-2-4-6-11/h2-6,9,12H,7-8,10H2,1H3,(H3,17,18,19,20);2-6,10,12H,7-9H2,1H3,(H3,17,18,19,20). The number of nitrogens with zero attached hydrogens (tertiary/aromatic N) is 6. The highest BCUT2D eigenvalue weighted by Crippen LogP contribution is 2.30. The van der Waals surface area contributed by atoms with E-state index in [0.29, 0.717) is 48.6 Å². The first kappa shape index (κ1) is 30.2. The van der Waals surface area contributed by atoms with Crippen LogP contribution in [0, 0.1) is 5.92 Å². The Hall–Kier alpha value is -5.26. The molecule has 2 fully saturated rings. The van der Waals surface area contributed by atoms with E-state index in [2.05, 4.69) is 54.8 Å². The maximum absolute atomic E-state index is 12.3. The number of hydrogen-bond acceptors (Lipinski definition) is 10. The summed E-state index contributed by atoms with van der Waals surface area (Å²) in [5.41, 5.74) is 13.9. The lowest BCUT2D eigenvalue weighted by molar-refractivity contribution is -0.118. The summed E-state index contributed by atoms with van der Waals surface area (Å²) in [7, 11) is 3.52. The SMILES string of the molecule is CNc1cc(N2C(=O)CCC2Cc2ccccc2)nc(N)n1.CNc1cc(N2CC(Cc3ccccc3)CC2=O)nc(N)n1. The van der Waals surface area contributed by atoms with E-state index in [1.165, 1.54) is 11.1 Å². The van der Waals surface area contributed by atoms with Crippen LogP contribution in [0.1, 0.15) is 30.4 Å². The fourth-order valence-electron chi connectivity index (χ4n) is 5.65. The smallest absolute Gasteiger partial charge is 0.228 e. The van der Waals surface area contributed by atoms with Gasteiger partial charge >= 0.3 is 0 Å². The molecule has 12 heteroatoms. The molecule has 44 heavy (non-hydrogen) atoms. The number of carbonyl (C=O) groups excluding carboxylic acids is 2. The molecule has 2 aliphatic heterocycles. The molecule has 2 atom stereocenters. The van der Waals surface area contributed by atoms with Crippen molar-refractivity contribution in [2.45, 2.75) is 38.1 Å². The van der Waals surface area contributed by atoms with E-state index in [0.717, 1.165) is 19.3 Å². The third kappa shape index (κ3) is 7.38. The van der Waals surface area contributed by atoms with Gasteiger partial charge in [-0.15, -0.1) is 0 Å². The van der Waals surface area contributed by atoms with Crippen molar-refractivity contribution >= 4 is 47.0 Å². The Kier molecular flexibility index (Phi) is 9.48. The fourth-order valence-corrected chi connectivity index (χ4v) is 5.65. The van der Waals surface area contributed by atoms with Crippen molar-refractivity contribution in [1.29, 1.82) is 0 Å². The predicted octanol–water partition coefficient (Wildman–Crippen LogP) is 3.53. The number of carbonyl (C=O) groups is 2. The molecule has 12 nitrogen and oxygen atoms in total. The van der Waals surface area contributed by atoms with Crippen molar-refractivity contribution < 1.29 is 9.59 Å². The van der Waals surface area contributed by atoms with Gasteiger partial charge in [-0.1, -0.05) is 60.7 Å². The molecule has 2 aromatic heterocycles. The highest BCUT2D eigenvalue weighted by molar-refractivity contribution is 5.96. The highest BCUT2D eigenvalue weighted by atomic mass is 16.2. The number of hydrogen-bond donors (Lipinski definition) is 4. The fraction of sp³-hybridized carbons (Fsp3) is 0.312. The Morgan fingerprint density at radius 1 is 0.750 bits per heavy atom. The molecule has 0 radical (unpaired) electrons. The Morgan fingerprint density at radius 3 is 1.89 bits per heavy atom. The number of amides is 2. The van der Waals surface area contributed by atoms with Crippen molar-refractivity contribution in [2.24, 2.45) is 5.92 Å². The number of nitrogens with one attached hydrogen (secondary N) is 2. The summed E-state index contributed by atoms with van der Waals surface area (Å²) in [5, 5.41) is 5.87. The molecular formula is C32H38N10O2. The molecule has 2 saturated heterocycles. The van der Waals surface area contributed by atoms with E-state index in [1.807, 2.05) is 36.4 Å². The molecule has 2 amide bonds. The molecule has 6 N–H and O–H groups in total. The lowest BCUT2D eigenvalue weighted by atomic mass is 9.99. The predicted molar refractivity (Wildman–Crippen MR) is 173 cm³/mol. The number of nitrogens with two attached hydrogens (primary N) is 2. The molecular weight excluding hydrogens is 556 g/mol. The van der Waals surface area contributed by atoms with Gasteiger partial charge in [0.2, 0.25) is 23.7 Å². The molecule has 0 aliphatic carbocycles. The minimum absolute atomic E-state index is 0.0843. The van der Waals surface area contributed by atoms with Gasteiger partial charge in [0.05, 0.1) is 0 Å². The zero-order chi connectivity index (χ0) is 31.1.